The van der Waals surface area contributed by atoms with Crippen molar-refractivity contribution in [1.29, 1.82) is 0 Å². The highest BCUT2D eigenvalue weighted by atomic mass is 127. The number of hydrogen-bond acceptors (Lipinski definition) is 6. The van der Waals surface area contributed by atoms with Crippen molar-refractivity contribution >= 4 is 29.9 Å². The standard InChI is InChI=1S/C21H35N3O5.HI/c1-5-22-21(23-9-7-10-28-15-16-8-6-11-29-16)24-14-18-19(26-3)12-17(25-2)13-20(18)27-4;/h12-13,16H,5-11,14-15H2,1-4H3,(H2,22,23,24);1H. The second kappa shape index (κ2) is 15.4. The van der Waals surface area contributed by atoms with Crippen molar-refractivity contribution in [3.8, 4) is 17.2 Å². The van der Waals surface area contributed by atoms with Gasteiger partial charge in [0.25, 0.3) is 0 Å². The number of hydrogen-bond donors (Lipinski definition) is 2. The Morgan fingerprint density at radius 1 is 1.13 bits per heavy atom. The first-order chi connectivity index (χ1) is 14.2. The Morgan fingerprint density at radius 2 is 1.87 bits per heavy atom. The molecule has 1 aromatic carbocycles. The average molecular weight is 537 g/mol. The van der Waals surface area contributed by atoms with Gasteiger partial charge in [0.15, 0.2) is 5.96 Å². The van der Waals surface area contributed by atoms with Crippen molar-refractivity contribution in [2.45, 2.75) is 38.8 Å². The Hall–Kier alpha value is -1.46. The summed E-state index contributed by atoms with van der Waals surface area (Å²) in [7, 11) is 4.87. The minimum absolute atomic E-state index is 0. The number of rotatable bonds is 12. The van der Waals surface area contributed by atoms with Gasteiger partial charge in [-0.2, -0.15) is 0 Å². The van der Waals surface area contributed by atoms with Crippen molar-refractivity contribution in [2.24, 2.45) is 4.99 Å². The fourth-order valence-corrected chi connectivity index (χ4v) is 3.11. The van der Waals surface area contributed by atoms with Gasteiger partial charge in [-0.3, -0.25) is 0 Å². The first-order valence-corrected chi connectivity index (χ1v) is 10.2. The van der Waals surface area contributed by atoms with E-state index in [0.717, 1.165) is 50.5 Å². The number of methoxy groups -OCH3 is 3. The Labute approximate surface area is 197 Å². The molecular formula is C21H36IN3O5. The number of guanidine groups is 1. The molecule has 1 aliphatic heterocycles. The van der Waals surface area contributed by atoms with E-state index in [0.29, 0.717) is 37.0 Å². The molecule has 8 nitrogen and oxygen atoms in total. The molecule has 0 amide bonds. The maximum Gasteiger partial charge on any atom is 0.191 e. The van der Waals surface area contributed by atoms with E-state index in [1.807, 2.05) is 19.1 Å². The maximum absolute atomic E-state index is 5.70. The Balaban J connectivity index is 0.00000450. The molecule has 0 aromatic heterocycles. The Kier molecular flexibility index (Phi) is 13.6. The third kappa shape index (κ3) is 8.73. The van der Waals surface area contributed by atoms with Crippen molar-refractivity contribution in [3.63, 3.8) is 0 Å². The van der Waals surface area contributed by atoms with E-state index in [1.165, 1.54) is 0 Å². The lowest BCUT2D eigenvalue weighted by Crippen LogP contribution is -2.38. The van der Waals surface area contributed by atoms with E-state index < -0.39 is 0 Å². The van der Waals surface area contributed by atoms with Crippen LogP contribution in [0.4, 0.5) is 0 Å². The van der Waals surface area contributed by atoms with Gasteiger partial charge in [-0.1, -0.05) is 0 Å². The van der Waals surface area contributed by atoms with Gasteiger partial charge in [0, 0.05) is 38.4 Å². The van der Waals surface area contributed by atoms with E-state index in [-0.39, 0.29) is 30.1 Å². The monoisotopic (exact) mass is 537 g/mol. The van der Waals surface area contributed by atoms with Crippen molar-refractivity contribution in [2.75, 3.05) is 54.2 Å². The highest BCUT2D eigenvalue weighted by Gasteiger charge is 2.15. The minimum Gasteiger partial charge on any atom is -0.496 e. The predicted molar refractivity (Wildman–Crippen MR) is 129 cm³/mol. The van der Waals surface area contributed by atoms with E-state index in [1.54, 1.807) is 21.3 Å². The average Bonchev–Trinajstić information content (AvgIpc) is 3.27. The molecule has 0 bridgehead atoms. The molecule has 0 spiro atoms. The number of ether oxygens (including phenoxy) is 5. The molecular weight excluding hydrogens is 501 g/mol. The number of nitrogens with one attached hydrogen (secondary N) is 2. The summed E-state index contributed by atoms with van der Waals surface area (Å²) in [6, 6.07) is 3.66. The zero-order valence-corrected chi connectivity index (χ0v) is 20.8. The summed E-state index contributed by atoms with van der Waals surface area (Å²) in [4.78, 5) is 4.67. The summed E-state index contributed by atoms with van der Waals surface area (Å²) in [5.41, 5.74) is 0.868. The summed E-state index contributed by atoms with van der Waals surface area (Å²) in [6.45, 7) is 6.25. The highest BCUT2D eigenvalue weighted by molar-refractivity contribution is 14.0. The molecule has 1 aliphatic rings. The third-order valence-corrected chi connectivity index (χ3v) is 4.64. The van der Waals surface area contributed by atoms with Crippen molar-refractivity contribution in [3.05, 3.63) is 17.7 Å². The van der Waals surface area contributed by atoms with Crippen LogP contribution in [0.3, 0.4) is 0 Å². The van der Waals surface area contributed by atoms with Crippen LogP contribution in [0.2, 0.25) is 0 Å². The van der Waals surface area contributed by atoms with Gasteiger partial charge >= 0.3 is 0 Å². The lowest BCUT2D eigenvalue weighted by molar-refractivity contribution is 0.0168. The molecule has 1 atom stereocenters. The molecule has 9 heteroatoms. The maximum atomic E-state index is 5.70. The molecule has 0 aliphatic carbocycles. The van der Waals surface area contributed by atoms with Crippen LogP contribution in [0, 0.1) is 0 Å². The second-order valence-electron chi connectivity index (χ2n) is 6.70. The Bertz CT molecular complexity index is 614. The Morgan fingerprint density at radius 3 is 2.43 bits per heavy atom. The predicted octanol–water partition coefficient (Wildman–Crippen LogP) is 2.97. The lowest BCUT2D eigenvalue weighted by atomic mass is 10.1. The van der Waals surface area contributed by atoms with Crippen LogP contribution in [0.5, 0.6) is 17.2 Å². The van der Waals surface area contributed by atoms with Crippen LogP contribution in [-0.2, 0) is 16.0 Å². The number of halogens is 1. The molecule has 1 saturated heterocycles. The van der Waals surface area contributed by atoms with E-state index in [4.69, 9.17) is 23.7 Å². The van der Waals surface area contributed by atoms with Gasteiger partial charge < -0.3 is 34.3 Å². The molecule has 1 unspecified atom stereocenters. The van der Waals surface area contributed by atoms with Gasteiger partial charge in [0.1, 0.15) is 17.2 Å². The first kappa shape index (κ1) is 26.6. The zero-order valence-electron chi connectivity index (χ0n) is 18.5. The van der Waals surface area contributed by atoms with Gasteiger partial charge in [-0.15, -0.1) is 24.0 Å². The van der Waals surface area contributed by atoms with E-state index >= 15 is 0 Å². The molecule has 2 N–H and O–H groups in total. The molecule has 1 heterocycles. The van der Waals surface area contributed by atoms with Gasteiger partial charge in [-0.25, -0.2) is 4.99 Å². The SMILES string of the molecule is CCNC(=NCc1c(OC)cc(OC)cc1OC)NCCCOCC1CCCO1.I. The molecule has 1 aromatic rings. The fourth-order valence-electron chi connectivity index (χ4n) is 3.11. The molecule has 0 radical (unpaired) electrons. The van der Waals surface area contributed by atoms with Crippen LogP contribution in [0.15, 0.2) is 17.1 Å². The van der Waals surface area contributed by atoms with Gasteiger partial charge in [0.05, 0.1) is 46.1 Å². The largest absolute Gasteiger partial charge is 0.496 e. The second-order valence-corrected chi connectivity index (χ2v) is 6.70. The normalized spacial score (nSPS) is 16.0. The number of benzene rings is 1. The summed E-state index contributed by atoms with van der Waals surface area (Å²) in [5.74, 6) is 2.79. The van der Waals surface area contributed by atoms with Gasteiger partial charge in [-0.05, 0) is 26.2 Å². The van der Waals surface area contributed by atoms with Crippen LogP contribution in [0.1, 0.15) is 31.7 Å². The molecule has 172 valence electrons. The van der Waals surface area contributed by atoms with E-state index in [2.05, 4.69) is 15.6 Å². The lowest BCUT2D eigenvalue weighted by Gasteiger charge is -2.15. The van der Waals surface area contributed by atoms with Gasteiger partial charge in [0.2, 0.25) is 0 Å². The molecule has 1 fully saturated rings. The van der Waals surface area contributed by atoms with Crippen LogP contribution < -0.4 is 24.8 Å². The summed E-state index contributed by atoms with van der Waals surface area (Å²) < 4.78 is 27.5. The number of aliphatic imine (C=N–C) groups is 1. The van der Waals surface area contributed by atoms with Crippen molar-refractivity contribution < 1.29 is 23.7 Å². The summed E-state index contributed by atoms with van der Waals surface area (Å²) in [5, 5.41) is 6.60. The topological polar surface area (TPSA) is 82.6 Å². The molecule has 2 rings (SSSR count). The fraction of sp³-hybridized carbons (Fsp3) is 0.667. The quantitative estimate of drug-likeness (QED) is 0.184. The van der Waals surface area contributed by atoms with Crippen molar-refractivity contribution in [1.82, 2.24) is 10.6 Å². The smallest absolute Gasteiger partial charge is 0.191 e. The van der Waals surface area contributed by atoms with Crippen LogP contribution in [0.25, 0.3) is 0 Å². The van der Waals surface area contributed by atoms with Crippen LogP contribution >= 0.6 is 24.0 Å². The third-order valence-electron chi connectivity index (χ3n) is 4.64. The minimum atomic E-state index is 0. The van der Waals surface area contributed by atoms with E-state index in [9.17, 15) is 0 Å². The molecule has 30 heavy (non-hydrogen) atoms. The first-order valence-electron chi connectivity index (χ1n) is 10.2. The highest BCUT2D eigenvalue weighted by Crippen LogP contribution is 2.34. The summed E-state index contributed by atoms with van der Waals surface area (Å²) >= 11 is 0. The number of nitrogens with zero attached hydrogens (tertiary/aromatic N) is 1. The zero-order chi connectivity index (χ0) is 20.9. The summed E-state index contributed by atoms with van der Waals surface area (Å²) in [6.07, 6.45) is 3.42. The van der Waals surface area contributed by atoms with Crippen LogP contribution in [-0.4, -0.2) is 66.3 Å². The molecule has 0 saturated carbocycles.